The summed E-state index contributed by atoms with van der Waals surface area (Å²) in [7, 11) is 1.66. The topological polar surface area (TPSA) is 30.5 Å². The number of hydrogen-bond acceptors (Lipinski definition) is 3. The SMILES string of the molecule is COc1cccc2c1OCC(C)(C)CN2. The monoisotopic (exact) mass is 207 g/mol. The van der Waals surface area contributed by atoms with Gasteiger partial charge in [-0.2, -0.15) is 0 Å². The normalized spacial score (nSPS) is 18.1. The van der Waals surface area contributed by atoms with Gasteiger partial charge in [0.05, 0.1) is 19.4 Å². The van der Waals surface area contributed by atoms with Crippen molar-refractivity contribution >= 4 is 5.69 Å². The molecule has 3 nitrogen and oxygen atoms in total. The summed E-state index contributed by atoms with van der Waals surface area (Å²) in [4.78, 5) is 0. The van der Waals surface area contributed by atoms with Crippen molar-refractivity contribution in [1.82, 2.24) is 0 Å². The highest BCUT2D eigenvalue weighted by atomic mass is 16.5. The minimum Gasteiger partial charge on any atom is -0.493 e. The van der Waals surface area contributed by atoms with E-state index < -0.39 is 0 Å². The summed E-state index contributed by atoms with van der Waals surface area (Å²) in [5, 5.41) is 3.39. The summed E-state index contributed by atoms with van der Waals surface area (Å²) in [5.74, 6) is 1.61. The van der Waals surface area contributed by atoms with E-state index in [-0.39, 0.29) is 5.41 Å². The van der Waals surface area contributed by atoms with E-state index in [2.05, 4.69) is 19.2 Å². The van der Waals surface area contributed by atoms with Crippen LogP contribution in [-0.4, -0.2) is 20.3 Å². The molecule has 15 heavy (non-hydrogen) atoms. The van der Waals surface area contributed by atoms with Crippen molar-refractivity contribution < 1.29 is 9.47 Å². The second kappa shape index (κ2) is 3.65. The number of benzene rings is 1. The molecule has 1 N–H and O–H groups in total. The molecule has 3 heteroatoms. The van der Waals surface area contributed by atoms with Crippen LogP contribution < -0.4 is 14.8 Å². The molecule has 82 valence electrons. The molecule has 0 saturated heterocycles. The molecule has 0 unspecified atom stereocenters. The maximum Gasteiger partial charge on any atom is 0.184 e. The summed E-state index contributed by atoms with van der Waals surface area (Å²) >= 11 is 0. The van der Waals surface area contributed by atoms with Crippen LogP contribution in [0.15, 0.2) is 18.2 Å². The Bertz CT molecular complexity index is 361. The lowest BCUT2D eigenvalue weighted by Gasteiger charge is -2.20. The summed E-state index contributed by atoms with van der Waals surface area (Å²) in [6, 6.07) is 5.89. The van der Waals surface area contributed by atoms with Gasteiger partial charge in [-0.15, -0.1) is 0 Å². The average Bonchev–Trinajstić information content (AvgIpc) is 2.38. The number of nitrogens with one attached hydrogen (secondary N) is 1. The lowest BCUT2D eigenvalue weighted by Crippen LogP contribution is -2.27. The van der Waals surface area contributed by atoms with Crippen LogP contribution in [-0.2, 0) is 0 Å². The minimum absolute atomic E-state index is 0.143. The Morgan fingerprint density at radius 3 is 2.93 bits per heavy atom. The van der Waals surface area contributed by atoms with Crippen molar-refractivity contribution in [3.8, 4) is 11.5 Å². The van der Waals surface area contributed by atoms with Gasteiger partial charge in [-0.25, -0.2) is 0 Å². The van der Waals surface area contributed by atoms with Crippen LogP contribution >= 0.6 is 0 Å². The van der Waals surface area contributed by atoms with E-state index in [0.29, 0.717) is 6.61 Å². The van der Waals surface area contributed by atoms with Crippen LogP contribution in [0.5, 0.6) is 11.5 Å². The summed E-state index contributed by atoms with van der Waals surface area (Å²) < 4.78 is 11.1. The van der Waals surface area contributed by atoms with E-state index in [1.807, 2.05) is 18.2 Å². The third-order valence-electron chi connectivity index (χ3n) is 2.56. The van der Waals surface area contributed by atoms with E-state index in [4.69, 9.17) is 9.47 Å². The van der Waals surface area contributed by atoms with Crippen molar-refractivity contribution in [2.24, 2.45) is 5.41 Å². The highest BCUT2D eigenvalue weighted by Crippen LogP contribution is 2.38. The van der Waals surface area contributed by atoms with Crippen molar-refractivity contribution in [2.75, 3.05) is 25.6 Å². The molecule has 1 aliphatic rings. The number of rotatable bonds is 1. The molecule has 1 aliphatic heterocycles. The zero-order valence-corrected chi connectivity index (χ0v) is 9.46. The zero-order valence-electron chi connectivity index (χ0n) is 9.46. The molecule has 0 aromatic heterocycles. The fraction of sp³-hybridized carbons (Fsp3) is 0.500. The number of anilines is 1. The van der Waals surface area contributed by atoms with Gasteiger partial charge >= 0.3 is 0 Å². The molecular weight excluding hydrogens is 190 g/mol. The first-order valence-electron chi connectivity index (χ1n) is 5.16. The van der Waals surface area contributed by atoms with Crippen LogP contribution in [0.25, 0.3) is 0 Å². The lowest BCUT2D eigenvalue weighted by atomic mass is 9.95. The van der Waals surface area contributed by atoms with Crippen molar-refractivity contribution in [1.29, 1.82) is 0 Å². The maximum absolute atomic E-state index is 5.80. The number of hydrogen-bond donors (Lipinski definition) is 1. The van der Waals surface area contributed by atoms with Crippen LogP contribution in [0.1, 0.15) is 13.8 Å². The number of methoxy groups -OCH3 is 1. The Labute approximate surface area is 90.4 Å². The van der Waals surface area contributed by atoms with Gasteiger partial charge in [0.15, 0.2) is 11.5 Å². The van der Waals surface area contributed by atoms with Crippen molar-refractivity contribution in [3.63, 3.8) is 0 Å². The summed E-state index contributed by atoms with van der Waals surface area (Å²) in [5.41, 5.74) is 1.16. The summed E-state index contributed by atoms with van der Waals surface area (Å²) in [6.07, 6.45) is 0. The average molecular weight is 207 g/mol. The first-order chi connectivity index (χ1) is 7.12. The van der Waals surface area contributed by atoms with Gasteiger partial charge in [0.2, 0.25) is 0 Å². The van der Waals surface area contributed by atoms with Crippen LogP contribution in [0.2, 0.25) is 0 Å². The molecule has 0 amide bonds. The molecule has 1 aromatic carbocycles. The van der Waals surface area contributed by atoms with Gasteiger partial charge in [-0.3, -0.25) is 0 Å². The minimum atomic E-state index is 0.143. The molecule has 1 aromatic rings. The third kappa shape index (κ3) is 2.01. The van der Waals surface area contributed by atoms with Gasteiger partial charge in [0.25, 0.3) is 0 Å². The Morgan fingerprint density at radius 2 is 2.20 bits per heavy atom. The highest BCUT2D eigenvalue weighted by molar-refractivity contribution is 5.63. The Morgan fingerprint density at radius 1 is 1.40 bits per heavy atom. The Balaban J connectivity index is 2.35. The standard InChI is InChI=1S/C12H17NO2/c1-12(2)7-13-9-5-4-6-10(14-3)11(9)15-8-12/h4-6,13H,7-8H2,1-3H3. The predicted octanol–water partition coefficient (Wildman–Crippen LogP) is 2.53. The van der Waals surface area contributed by atoms with E-state index in [1.54, 1.807) is 7.11 Å². The fourth-order valence-electron chi connectivity index (χ4n) is 1.62. The first kappa shape index (κ1) is 10.1. The smallest absolute Gasteiger partial charge is 0.184 e. The fourth-order valence-corrected chi connectivity index (χ4v) is 1.62. The van der Waals surface area contributed by atoms with Gasteiger partial charge in [-0.1, -0.05) is 19.9 Å². The van der Waals surface area contributed by atoms with Crippen molar-refractivity contribution in [2.45, 2.75) is 13.8 Å². The molecule has 2 rings (SSSR count). The maximum atomic E-state index is 5.80. The number of ether oxygens (including phenoxy) is 2. The van der Waals surface area contributed by atoms with Crippen LogP contribution in [0.4, 0.5) is 5.69 Å². The molecule has 0 saturated carbocycles. The first-order valence-corrected chi connectivity index (χ1v) is 5.16. The lowest BCUT2D eigenvalue weighted by molar-refractivity contribution is 0.194. The van der Waals surface area contributed by atoms with E-state index in [1.165, 1.54) is 0 Å². The molecule has 0 fully saturated rings. The second-order valence-electron chi connectivity index (χ2n) is 4.64. The van der Waals surface area contributed by atoms with Gasteiger partial charge in [0.1, 0.15) is 0 Å². The van der Waals surface area contributed by atoms with Gasteiger partial charge in [-0.05, 0) is 12.1 Å². The second-order valence-corrected chi connectivity index (χ2v) is 4.64. The molecule has 0 aliphatic carbocycles. The largest absolute Gasteiger partial charge is 0.493 e. The Kier molecular flexibility index (Phi) is 2.47. The predicted molar refractivity (Wildman–Crippen MR) is 60.8 cm³/mol. The summed E-state index contributed by atoms with van der Waals surface area (Å²) in [6.45, 7) is 5.97. The molecule has 0 bridgehead atoms. The van der Waals surface area contributed by atoms with E-state index in [0.717, 1.165) is 23.7 Å². The third-order valence-corrected chi connectivity index (χ3v) is 2.56. The number of fused-ring (bicyclic) bond motifs is 1. The van der Waals surface area contributed by atoms with Crippen molar-refractivity contribution in [3.05, 3.63) is 18.2 Å². The van der Waals surface area contributed by atoms with E-state index in [9.17, 15) is 0 Å². The quantitative estimate of drug-likeness (QED) is 0.767. The molecule has 0 atom stereocenters. The highest BCUT2D eigenvalue weighted by Gasteiger charge is 2.24. The van der Waals surface area contributed by atoms with Crippen LogP contribution in [0.3, 0.4) is 0 Å². The molecule has 1 heterocycles. The van der Waals surface area contributed by atoms with Gasteiger partial charge < -0.3 is 14.8 Å². The zero-order chi connectivity index (χ0) is 10.9. The molecule has 0 spiro atoms. The molecule has 0 radical (unpaired) electrons. The molecular formula is C12H17NO2. The van der Waals surface area contributed by atoms with Gasteiger partial charge in [0, 0.05) is 12.0 Å². The Hall–Kier alpha value is -1.38. The van der Waals surface area contributed by atoms with Crippen LogP contribution in [0, 0.1) is 5.41 Å². The van der Waals surface area contributed by atoms with E-state index >= 15 is 0 Å². The number of para-hydroxylation sites is 1.